The number of anilines is 1. The first kappa shape index (κ1) is 15.1. The molecule has 2 N–H and O–H groups in total. The highest BCUT2D eigenvalue weighted by Gasteiger charge is 2.22. The summed E-state index contributed by atoms with van der Waals surface area (Å²) in [5.41, 5.74) is 6.99. The third-order valence-corrected chi connectivity index (χ3v) is 3.76. The molecule has 6 nitrogen and oxygen atoms in total. The number of carbonyl (C=O) groups is 2. The van der Waals surface area contributed by atoms with Crippen LogP contribution in [0.4, 0.5) is 5.69 Å². The summed E-state index contributed by atoms with van der Waals surface area (Å²) in [5.74, 6) is -0.799. The third kappa shape index (κ3) is 2.92. The number of nitrogen functional groups attached to an aromatic ring is 1. The molecular formula is C14H14BrN3O3. The second-order valence-electron chi connectivity index (χ2n) is 4.33. The van der Waals surface area contributed by atoms with Gasteiger partial charge in [-0.1, -0.05) is 0 Å². The Bertz CT molecular complexity index is 655. The van der Waals surface area contributed by atoms with Gasteiger partial charge in [0.1, 0.15) is 5.70 Å². The first-order valence-corrected chi connectivity index (χ1v) is 6.76. The molecule has 21 heavy (non-hydrogen) atoms. The first-order chi connectivity index (χ1) is 9.95. The van der Waals surface area contributed by atoms with Gasteiger partial charge in [0.05, 0.1) is 28.8 Å². The number of nitrogens with zero attached hydrogens (tertiary/aromatic N) is 2. The van der Waals surface area contributed by atoms with Crippen molar-refractivity contribution >= 4 is 33.6 Å². The van der Waals surface area contributed by atoms with Gasteiger partial charge < -0.3 is 10.5 Å². The number of esters is 1. The highest BCUT2D eigenvalue weighted by molar-refractivity contribution is 9.07. The number of hydrazine groups is 1. The zero-order valence-corrected chi connectivity index (χ0v) is 13.1. The summed E-state index contributed by atoms with van der Waals surface area (Å²) in [5, 5.41) is 1.64. The van der Waals surface area contributed by atoms with E-state index in [1.807, 2.05) is 0 Å². The Morgan fingerprint density at radius 3 is 2.71 bits per heavy atom. The van der Waals surface area contributed by atoms with Gasteiger partial charge in [-0.2, -0.15) is 0 Å². The number of hydrogen-bond donors (Lipinski definition) is 1. The fourth-order valence-corrected chi connectivity index (χ4v) is 2.18. The predicted molar refractivity (Wildman–Crippen MR) is 82.3 cm³/mol. The van der Waals surface area contributed by atoms with Crippen molar-refractivity contribution in [3.05, 3.63) is 53.4 Å². The second-order valence-corrected chi connectivity index (χ2v) is 5.06. The van der Waals surface area contributed by atoms with Gasteiger partial charge in [-0.15, -0.1) is 0 Å². The molecule has 0 aliphatic carbocycles. The van der Waals surface area contributed by atoms with Gasteiger partial charge in [0.25, 0.3) is 0 Å². The quantitative estimate of drug-likeness (QED) is 0.389. The number of ketones is 1. The standard InChI is InChI=1S/C14H14BrN3O3/c1-17-12(4-3-7-18(17)15)13(19)9-5-6-11(16)10(8-9)14(20)21-2/h3-8H,16H2,1-2H3. The van der Waals surface area contributed by atoms with Crippen molar-refractivity contribution in [2.24, 2.45) is 0 Å². The van der Waals surface area contributed by atoms with Crippen molar-refractivity contribution < 1.29 is 14.3 Å². The van der Waals surface area contributed by atoms with Crippen LogP contribution in [0, 0.1) is 0 Å². The Labute approximate surface area is 130 Å². The van der Waals surface area contributed by atoms with E-state index in [2.05, 4.69) is 20.9 Å². The summed E-state index contributed by atoms with van der Waals surface area (Å²) >= 11 is 3.28. The largest absolute Gasteiger partial charge is 0.465 e. The van der Waals surface area contributed by atoms with Crippen LogP contribution in [-0.2, 0) is 4.74 Å². The van der Waals surface area contributed by atoms with E-state index in [9.17, 15) is 9.59 Å². The summed E-state index contributed by atoms with van der Waals surface area (Å²) < 4.78 is 6.25. The van der Waals surface area contributed by atoms with Crippen molar-refractivity contribution in [3.8, 4) is 0 Å². The minimum atomic E-state index is -0.574. The molecule has 0 saturated heterocycles. The summed E-state index contributed by atoms with van der Waals surface area (Å²) in [6.45, 7) is 0. The Morgan fingerprint density at radius 1 is 1.33 bits per heavy atom. The molecular weight excluding hydrogens is 338 g/mol. The van der Waals surface area contributed by atoms with Crippen LogP contribution >= 0.6 is 16.1 Å². The third-order valence-electron chi connectivity index (χ3n) is 3.05. The van der Waals surface area contributed by atoms with Gasteiger partial charge in [0.2, 0.25) is 5.78 Å². The highest BCUT2D eigenvalue weighted by Crippen LogP contribution is 2.22. The molecule has 0 aromatic heterocycles. The van der Waals surface area contributed by atoms with Crippen LogP contribution in [0.3, 0.4) is 0 Å². The fraction of sp³-hybridized carbons (Fsp3) is 0.143. The summed E-state index contributed by atoms with van der Waals surface area (Å²) in [6.07, 6.45) is 5.18. The van der Waals surface area contributed by atoms with Crippen molar-refractivity contribution in [1.29, 1.82) is 0 Å². The lowest BCUT2D eigenvalue weighted by Crippen LogP contribution is -2.33. The van der Waals surface area contributed by atoms with Gasteiger partial charge in [-0.3, -0.25) is 9.80 Å². The predicted octanol–water partition coefficient (Wildman–Crippen LogP) is 2.11. The number of rotatable bonds is 3. The van der Waals surface area contributed by atoms with Crippen molar-refractivity contribution in [1.82, 2.24) is 9.04 Å². The van der Waals surface area contributed by atoms with E-state index in [0.29, 0.717) is 11.3 Å². The van der Waals surface area contributed by atoms with Crippen LogP contribution in [0.1, 0.15) is 20.7 Å². The molecule has 7 heteroatoms. The van der Waals surface area contributed by atoms with Crippen molar-refractivity contribution in [2.45, 2.75) is 0 Å². The number of carbonyl (C=O) groups excluding carboxylic acids is 2. The van der Waals surface area contributed by atoms with E-state index < -0.39 is 5.97 Å². The minimum Gasteiger partial charge on any atom is -0.465 e. The molecule has 0 atom stereocenters. The van der Waals surface area contributed by atoms with Crippen LogP contribution in [0.15, 0.2) is 42.2 Å². The maximum absolute atomic E-state index is 12.5. The lowest BCUT2D eigenvalue weighted by Gasteiger charge is -2.30. The van der Waals surface area contributed by atoms with Crippen LogP contribution in [-0.4, -0.2) is 35.0 Å². The van der Waals surface area contributed by atoms with Gasteiger partial charge >= 0.3 is 5.97 Å². The summed E-state index contributed by atoms with van der Waals surface area (Å²) in [6, 6.07) is 4.54. The number of hydrogen-bond acceptors (Lipinski definition) is 6. The Hall–Kier alpha value is -2.28. The van der Waals surface area contributed by atoms with E-state index >= 15 is 0 Å². The minimum absolute atomic E-state index is 0.175. The highest BCUT2D eigenvalue weighted by atomic mass is 79.9. The van der Waals surface area contributed by atoms with Crippen LogP contribution in [0.2, 0.25) is 0 Å². The van der Waals surface area contributed by atoms with Crippen LogP contribution in [0.25, 0.3) is 0 Å². The Morgan fingerprint density at radius 2 is 2.05 bits per heavy atom. The molecule has 0 bridgehead atoms. The molecule has 0 amide bonds. The van der Waals surface area contributed by atoms with Gasteiger partial charge in [-0.25, -0.2) is 8.83 Å². The number of benzene rings is 1. The molecule has 0 unspecified atom stereocenters. The van der Waals surface area contributed by atoms with E-state index in [-0.39, 0.29) is 17.0 Å². The van der Waals surface area contributed by atoms with Gasteiger partial charge in [-0.05, 0) is 30.4 Å². The first-order valence-electron chi connectivity index (χ1n) is 6.05. The van der Waals surface area contributed by atoms with Crippen molar-refractivity contribution in [3.63, 3.8) is 0 Å². The number of allylic oxidation sites excluding steroid dienone is 3. The number of halogens is 1. The monoisotopic (exact) mass is 351 g/mol. The van der Waals surface area contributed by atoms with Crippen LogP contribution < -0.4 is 5.73 Å². The van der Waals surface area contributed by atoms with E-state index in [0.717, 1.165) is 0 Å². The molecule has 0 spiro atoms. The summed E-state index contributed by atoms with van der Waals surface area (Å²) in [7, 11) is 3.00. The maximum Gasteiger partial charge on any atom is 0.339 e. The molecule has 1 aliphatic rings. The topological polar surface area (TPSA) is 75.9 Å². The van der Waals surface area contributed by atoms with Crippen molar-refractivity contribution in [2.75, 3.05) is 19.9 Å². The Kier molecular flexibility index (Phi) is 4.32. The molecule has 1 heterocycles. The second kappa shape index (κ2) is 6.01. The molecule has 0 radical (unpaired) electrons. The average molecular weight is 352 g/mol. The number of Topliss-reactive ketones (excluding diaryl/α,β-unsaturated/α-hetero) is 1. The average Bonchev–Trinajstić information content (AvgIpc) is 2.49. The molecule has 1 aromatic rings. The lowest BCUT2D eigenvalue weighted by molar-refractivity contribution is 0.0602. The zero-order valence-electron chi connectivity index (χ0n) is 11.5. The smallest absolute Gasteiger partial charge is 0.339 e. The van der Waals surface area contributed by atoms with E-state index in [1.165, 1.54) is 19.2 Å². The Balaban J connectivity index is 2.39. The summed E-state index contributed by atoms with van der Waals surface area (Å²) in [4.78, 5) is 24.2. The number of methoxy groups -OCH3 is 1. The number of nitrogens with two attached hydrogens (primary N) is 1. The van der Waals surface area contributed by atoms with Gasteiger partial charge in [0.15, 0.2) is 0 Å². The fourth-order valence-electron chi connectivity index (χ4n) is 1.87. The molecule has 2 rings (SSSR count). The molecule has 0 fully saturated rings. The maximum atomic E-state index is 12.5. The van der Waals surface area contributed by atoms with E-state index in [1.54, 1.807) is 40.5 Å². The number of likely N-dealkylation sites (N-methyl/N-ethyl adjacent to an activating group) is 1. The lowest BCUT2D eigenvalue weighted by atomic mass is 10.0. The molecule has 1 aromatic carbocycles. The normalized spacial score (nSPS) is 14.0. The van der Waals surface area contributed by atoms with Crippen LogP contribution in [0.5, 0.6) is 0 Å². The molecule has 0 saturated carbocycles. The zero-order chi connectivity index (χ0) is 15.6. The molecule has 110 valence electrons. The molecule has 1 aliphatic heterocycles. The van der Waals surface area contributed by atoms with E-state index in [4.69, 9.17) is 5.73 Å². The number of ether oxygens (including phenoxy) is 1. The van der Waals surface area contributed by atoms with Gasteiger partial charge in [0, 0.05) is 24.5 Å². The SMILES string of the molecule is COC(=O)c1cc(C(=O)C2=CC=CN(Br)N2C)ccc1N.